The van der Waals surface area contributed by atoms with Crippen molar-refractivity contribution < 1.29 is 33.2 Å². The first kappa shape index (κ1) is 25.8. The number of quaternary nitrogens is 1. The summed E-state index contributed by atoms with van der Waals surface area (Å²) in [7, 11) is 1.19. The molecule has 0 amide bonds. The minimum absolute atomic E-state index is 0. The Morgan fingerprint density at radius 3 is 2.68 bits per heavy atom. The number of methoxy groups -OCH3 is 1. The van der Waals surface area contributed by atoms with Crippen LogP contribution >= 0.6 is 6.64 Å². The fourth-order valence-corrected chi connectivity index (χ4v) is 4.97. The van der Waals surface area contributed by atoms with Crippen LogP contribution in [-0.4, -0.2) is 59.4 Å². The summed E-state index contributed by atoms with van der Waals surface area (Å²) >= 11 is 4.94. The summed E-state index contributed by atoms with van der Waals surface area (Å²) in [6.45, 7) is 0.782. The zero-order chi connectivity index (χ0) is 22.3. The number of hydrogen-bond donors (Lipinski definition) is 3. The maximum Gasteiger partial charge on any atom is 0.330 e. The van der Waals surface area contributed by atoms with E-state index < -0.39 is 60.2 Å². The van der Waals surface area contributed by atoms with Crippen molar-refractivity contribution in [2.24, 2.45) is 0 Å². The third kappa shape index (κ3) is 5.86. The average molecular weight is 482 g/mol. The minimum Gasteiger partial charge on any atom is -0.789 e. The number of H-pyrrole nitrogens is 1. The van der Waals surface area contributed by atoms with Crippen molar-refractivity contribution in [2.45, 2.75) is 57.1 Å². The van der Waals surface area contributed by atoms with Crippen LogP contribution in [0.1, 0.15) is 27.0 Å². The maximum atomic E-state index is 12.5. The van der Waals surface area contributed by atoms with E-state index in [0.29, 0.717) is 0 Å². The summed E-state index contributed by atoms with van der Waals surface area (Å²) < 4.78 is 28.7. The van der Waals surface area contributed by atoms with E-state index in [1.165, 1.54) is 30.9 Å². The Bertz CT molecular complexity index is 967. The zero-order valence-corrected chi connectivity index (χ0v) is 19.4. The van der Waals surface area contributed by atoms with Crippen LogP contribution in [0.4, 0.5) is 0 Å². The minimum atomic E-state index is -3.80. The Labute approximate surface area is 182 Å². The van der Waals surface area contributed by atoms with Gasteiger partial charge < -0.3 is 34.5 Å². The van der Waals surface area contributed by atoms with E-state index in [-0.39, 0.29) is 12.8 Å². The van der Waals surface area contributed by atoms with Gasteiger partial charge in [-0.15, -0.1) is 0 Å². The molecule has 0 aliphatic carbocycles. The molecule has 2 aliphatic rings. The lowest BCUT2D eigenvalue weighted by atomic mass is 10.1. The van der Waals surface area contributed by atoms with E-state index >= 15 is 0 Å². The molecule has 0 saturated carbocycles. The van der Waals surface area contributed by atoms with Crippen molar-refractivity contribution in [3.05, 3.63) is 33.1 Å². The Morgan fingerprint density at radius 2 is 2.06 bits per heavy atom. The van der Waals surface area contributed by atoms with Crippen molar-refractivity contribution in [1.29, 1.82) is 0 Å². The van der Waals surface area contributed by atoms with Gasteiger partial charge in [-0.05, 0) is 20.8 Å². The zero-order valence-electron chi connectivity index (χ0n) is 17.7. The van der Waals surface area contributed by atoms with Gasteiger partial charge >= 0.3 is 11.7 Å². The number of fused-ring (bicyclic) bond motifs is 1. The van der Waals surface area contributed by atoms with Crippen molar-refractivity contribution in [3.63, 3.8) is 0 Å². The van der Waals surface area contributed by atoms with E-state index in [4.69, 9.17) is 30.5 Å². The molecule has 176 valence electrons. The number of rotatable bonds is 7. The highest BCUT2D eigenvalue weighted by atomic mass is 32.5. The van der Waals surface area contributed by atoms with Crippen LogP contribution in [0.2, 0.25) is 0 Å². The van der Waals surface area contributed by atoms with E-state index in [2.05, 4.69) is 14.8 Å². The summed E-state index contributed by atoms with van der Waals surface area (Å²) in [6.07, 6.45) is -1.76. The van der Waals surface area contributed by atoms with Gasteiger partial charge in [0.2, 0.25) is 0 Å². The third-order valence-corrected chi connectivity index (χ3v) is 6.39. The van der Waals surface area contributed by atoms with Crippen LogP contribution in [0.3, 0.4) is 0 Å². The SMILES string of the molecule is COC(=O)[C@H](C)NP([O-])(=S)OC[C@H]1O[C@@H](n2ccc(=O)[nH]c2=O)[C@@H]2OC(C)(C)O[C@@H]21.[NH4+]. The van der Waals surface area contributed by atoms with Gasteiger partial charge in [-0.25, -0.2) is 4.79 Å². The maximum absolute atomic E-state index is 12.5. The summed E-state index contributed by atoms with van der Waals surface area (Å²) in [5.74, 6) is -1.61. The topological polar surface area (TPSA) is 190 Å². The van der Waals surface area contributed by atoms with Gasteiger partial charge in [-0.2, -0.15) is 0 Å². The van der Waals surface area contributed by atoms with E-state index in [0.717, 1.165) is 0 Å². The van der Waals surface area contributed by atoms with Gasteiger partial charge in [-0.1, -0.05) is 11.8 Å². The molecule has 3 rings (SSSR count). The number of carbonyl (C=O) groups is 1. The predicted molar refractivity (Wildman–Crippen MR) is 110 cm³/mol. The van der Waals surface area contributed by atoms with Crippen molar-refractivity contribution in [2.75, 3.05) is 13.7 Å². The summed E-state index contributed by atoms with van der Waals surface area (Å²) in [6, 6.07) is 0.244. The highest BCUT2D eigenvalue weighted by Gasteiger charge is 2.56. The molecule has 0 spiro atoms. The molecular weight excluding hydrogens is 455 g/mol. The fourth-order valence-electron chi connectivity index (χ4n) is 3.32. The number of nitrogens with one attached hydrogen (secondary N) is 2. The Hall–Kier alpha value is -1.48. The van der Waals surface area contributed by atoms with E-state index in [9.17, 15) is 19.3 Å². The second-order valence-electron chi connectivity index (χ2n) is 7.31. The van der Waals surface area contributed by atoms with Crippen LogP contribution < -0.4 is 27.4 Å². The molecule has 2 fully saturated rings. The highest BCUT2D eigenvalue weighted by molar-refractivity contribution is 8.07. The quantitative estimate of drug-likeness (QED) is 0.322. The molecule has 2 saturated heterocycles. The molecule has 6 atom stereocenters. The van der Waals surface area contributed by atoms with Crippen molar-refractivity contribution in [3.8, 4) is 0 Å². The lowest BCUT2D eigenvalue weighted by Crippen LogP contribution is -2.38. The fraction of sp³-hybridized carbons (Fsp3) is 0.688. The normalized spacial score (nSPS) is 29.5. The van der Waals surface area contributed by atoms with Crippen LogP contribution in [0.25, 0.3) is 0 Å². The first-order valence-corrected chi connectivity index (χ1v) is 11.7. The summed E-state index contributed by atoms with van der Waals surface area (Å²) in [5.41, 5.74) is -1.23. The van der Waals surface area contributed by atoms with Crippen LogP contribution in [-0.2, 0) is 40.1 Å². The number of carbonyl (C=O) groups excluding carboxylic acids is 1. The molecule has 1 aromatic rings. The van der Waals surface area contributed by atoms with Crippen molar-refractivity contribution >= 4 is 24.4 Å². The first-order valence-electron chi connectivity index (χ1n) is 9.06. The van der Waals surface area contributed by atoms with E-state index in [1.807, 2.05) is 0 Å². The van der Waals surface area contributed by atoms with Gasteiger partial charge in [0.05, 0.1) is 20.4 Å². The molecule has 13 nitrogen and oxygen atoms in total. The molecule has 0 radical (unpaired) electrons. The second-order valence-corrected chi connectivity index (χ2v) is 10.3. The van der Waals surface area contributed by atoms with Crippen LogP contribution in [0.5, 0.6) is 0 Å². The number of nitrogens with zero attached hydrogens (tertiary/aromatic N) is 1. The van der Waals surface area contributed by atoms with E-state index in [1.54, 1.807) is 13.8 Å². The number of aromatic amines is 1. The predicted octanol–water partition coefficient (Wildman–Crippen LogP) is -0.917. The largest absolute Gasteiger partial charge is 0.789 e. The molecular formula is C16H27N4O9PS. The molecule has 6 N–H and O–H groups in total. The number of hydrogen-bond acceptors (Lipinski definition) is 10. The molecule has 2 aliphatic heterocycles. The molecule has 0 bridgehead atoms. The molecule has 31 heavy (non-hydrogen) atoms. The smallest absolute Gasteiger partial charge is 0.330 e. The Kier molecular flexibility index (Phi) is 7.95. The van der Waals surface area contributed by atoms with Gasteiger partial charge in [0.15, 0.2) is 12.0 Å². The molecule has 1 unspecified atom stereocenters. The summed E-state index contributed by atoms with van der Waals surface area (Å²) in [4.78, 5) is 49.7. The summed E-state index contributed by atoms with van der Waals surface area (Å²) in [5, 5.41) is 2.42. The number of esters is 1. The lowest BCUT2D eigenvalue weighted by Gasteiger charge is -2.32. The lowest BCUT2D eigenvalue weighted by molar-refractivity contribution is -0.207. The van der Waals surface area contributed by atoms with Crippen LogP contribution in [0.15, 0.2) is 21.9 Å². The molecule has 1 aromatic heterocycles. The van der Waals surface area contributed by atoms with Crippen molar-refractivity contribution in [1.82, 2.24) is 20.8 Å². The average Bonchev–Trinajstić information content (AvgIpc) is 3.12. The van der Waals surface area contributed by atoms with Gasteiger partial charge in [0.25, 0.3) is 5.56 Å². The first-order chi connectivity index (χ1) is 13.9. The second kappa shape index (κ2) is 9.57. The van der Waals surface area contributed by atoms with Gasteiger partial charge in [-0.3, -0.25) is 24.2 Å². The van der Waals surface area contributed by atoms with Gasteiger partial charge in [0.1, 0.15) is 24.4 Å². The molecule has 3 heterocycles. The Balaban J connectivity index is 0.00000341. The standard InChI is InChI=1S/C16H24N3O9PS.H3N/c1-8(14(21)24-4)18-29(23,30)25-7-9-11-12(28-16(2,3)27-11)13(26-9)19-6-5-10(20)17-15(19)22;/h5-6,8-9,11-13H,7H2,1-4H3,(H,17,20,22)(H2,18,23,30);1H3/t8-,9+,11+,12+,13+,29?;/m0./s1. The highest BCUT2D eigenvalue weighted by Crippen LogP contribution is 2.44. The monoisotopic (exact) mass is 482 g/mol. The van der Waals surface area contributed by atoms with Crippen LogP contribution in [0, 0.1) is 0 Å². The van der Waals surface area contributed by atoms with Gasteiger partial charge in [0, 0.05) is 12.3 Å². The third-order valence-electron chi connectivity index (χ3n) is 4.57. The molecule has 15 heteroatoms. The number of aromatic nitrogens is 2. The molecule has 0 aromatic carbocycles. The Morgan fingerprint density at radius 1 is 1.42 bits per heavy atom. The number of ether oxygens (including phenoxy) is 4.